The smallest absolute Gasteiger partial charge is 0.410 e. The zero-order valence-electron chi connectivity index (χ0n) is 20.1. The van der Waals surface area contributed by atoms with Gasteiger partial charge in [0.25, 0.3) is 0 Å². The molecule has 2 fully saturated rings. The molecule has 0 bridgehead atoms. The van der Waals surface area contributed by atoms with E-state index in [-0.39, 0.29) is 30.8 Å². The van der Waals surface area contributed by atoms with Crippen LogP contribution in [0.2, 0.25) is 0 Å². The number of rotatable bonds is 7. The van der Waals surface area contributed by atoms with Crippen molar-refractivity contribution in [3.05, 3.63) is 23.8 Å². The Kier molecular flexibility index (Phi) is 7.33. The molecule has 2 saturated carbocycles. The van der Waals surface area contributed by atoms with Gasteiger partial charge < -0.3 is 19.5 Å². The molecule has 34 heavy (non-hydrogen) atoms. The Labute approximate surface area is 199 Å². The SMILES string of the molecule is Cc1nc(-c2cnn(C)c2COC(=O)N(C)C2CCCC2)ncc1O[C@H]1CCC[C@H](C(=O)O)C1. The highest BCUT2D eigenvalue weighted by atomic mass is 16.6. The molecule has 184 valence electrons. The summed E-state index contributed by atoms with van der Waals surface area (Å²) >= 11 is 0. The summed E-state index contributed by atoms with van der Waals surface area (Å²) in [4.78, 5) is 34.6. The molecule has 0 aliphatic heterocycles. The third-order valence-corrected chi connectivity index (χ3v) is 7.00. The molecule has 10 nitrogen and oxygen atoms in total. The lowest BCUT2D eigenvalue weighted by atomic mass is 9.87. The molecule has 10 heteroatoms. The molecule has 2 aromatic heterocycles. The number of carboxylic acids is 1. The standard InChI is InChI=1S/C24H33N5O5/c1-15-21(34-18-10-6-7-16(11-18)23(30)31)13-25-22(27-15)19-12-26-29(3)20(19)14-33-24(32)28(2)17-8-4-5-9-17/h12-13,16-18H,4-11,14H2,1-3H3,(H,30,31)/t16-,18-/m0/s1. The number of hydrogen-bond acceptors (Lipinski definition) is 7. The predicted octanol–water partition coefficient (Wildman–Crippen LogP) is 3.72. The molecular formula is C24H33N5O5. The lowest BCUT2D eigenvalue weighted by Crippen LogP contribution is -2.35. The number of carbonyl (C=O) groups excluding carboxylic acids is 1. The van der Waals surface area contributed by atoms with Crippen LogP contribution < -0.4 is 4.74 Å². The molecule has 2 aromatic rings. The maximum absolute atomic E-state index is 12.5. The van der Waals surface area contributed by atoms with Crippen molar-refractivity contribution in [1.82, 2.24) is 24.6 Å². The monoisotopic (exact) mass is 471 g/mol. The minimum atomic E-state index is -0.768. The van der Waals surface area contributed by atoms with Gasteiger partial charge in [-0.05, 0) is 45.4 Å². The number of hydrogen-bond donors (Lipinski definition) is 1. The normalized spacial score (nSPS) is 20.8. The number of aromatic nitrogens is 4. The van der Waals surface area contributed by atoms with Crippen molar-refractivity contribution in [3.63, 3.8) is 0 Å². The van der Waals surface area contributed by atoms with Crippen LogP contribution in [0.15, 0.2) is 12.4 Å². The Morgan fingerprint density at radius 1 is 1.18 bits per heavy atom. The van der Waals surface area contributed by atoms with Gasteiger partial charge in [0.2, 0.25) is 0 Å². The number of carboxylic acid groups (broad SMARTS) is 1. The van der Waals surface area contributed by atoms with Crippen LogP contribution in [0.4, 0.5) is 4.79 Å². The van der Waals surface area contributed by atoms with Crippen molar-refractivity contribution >= 4 is 12.1 Å². The van der Waals surface area contributed by atoms with Crippen molar-refractivity contribution in [3.8, 4) is 17.1 Å². The van der Waals surface area contributed by atoms with Gasteiger partial charge in [0.1, 0.15) is 6.61 Å². The van der Waals surface area contributed by atoms with Crippen molar-refractivity contribution in [1.29, 1.82) is 0 Å². The van der Waals surface area contributed by atoms with E-state index in [0.29, 0.717) is 41.4 Å². The van der Waals surface area contributed by atoms with E-state index in [2.05, 4.69) is 15.1 Å². The first-order valence-corrected chi connectivity index (χ1v) is 12.0. The predicted molar refractivity (Wildman–Crippen MR) is 123 cm³/mol. The van der Waals surface area contributed by atoms with Crippen molar-refractivity contribution in [2.75, 3.05) is 7.05 Å². The molecule has 0 unspecified atom stereocenters. The van der Waals surface area contributed by atoms with Crippen LogP contribution in [0.5, 0.6) is 5.75 Å². The maximum atomic E-state index is 12.5. The topological polar surface area (TPSA) is 120 Å². The highest BCUT2D eigenvalue weighted by molar-refractivity contribution is 5.70. The second-order valence-electron chi connectivity index (χ2n) is 9.32. The fourth-order valence-corrected chi connectivity index (χ4v) is 4.85. The Hall–Kier alpha value is -3.17. The minimum Gasteiger partial charge on any atom is -0.487 e. The third kappa shape index (κ3) is 5.31. The number of aliphatic carboxylic acids is 1. The van der Waals surface area contributed by atoms with E-state index in [1.54, 1.807) is 36.1 Å². The van der Waals surface area contributed by atoms with E-state index in [1.807, 2.05) is 6.92 Å². The van der Waals surface area contributed by atoms with Crippen molar-refractivity contribution in [2.24, 2.45) is 13.0 Å². The molecule has 0 radical (unpaired) electrons. The summed E-state index contributed by atoms with van der Waals surface area (Å²) in [5, 5.41) is 13.6. The van der Waals surface area contributed by atoms with E-state index in [9.17, 15) is 14.7 Å². The van der Waals surface area contributed by atoms with Crippen LogP contribution in [0.3, 0.4) is 0 Å². The summed E-state index contributed by atoms with van der Waals surface area (Å²) in [6.45, 7) is 1.91. The van der Waals surface area contributed by atoms with Crippen LogP contribution in [0.25, 0.3) is 11.4 Å². The van der Waals surface area contributed by atoms with E-state index >= 15 is 0 Å². The molecule has 0 saturated heterocycles. The molecule has 2 heterocycles. The van der Waals surface area contributed by atoms with Crippen LogP contribution in [-0.4, -0.2) is 61.0 Å². The number of nitrogens with zero attached hydrogens (tertiary/aromatic N) is 5. The van der Waals surface area contributed by atoms with E-state index in [1.165, 1.54) is 0 Å². The number of aryl methyl sites for hydroxylation is 2. The molecule has 2 aliphatic rings. The zero-order valence-corrected chi connectivity index (χ0v) is 20.1. The Morgan fingerprint density at radius 3 is 2.65 bits per heavy atom. The summed E-state index contributed by atoms with van der Waals surface area (Å²) in [5.74, 6) is -0.112. The highest BCUT2D eigenvalue weighted by Crippen LogP contribution is 2.30. The Morgan fingerprint density at radius 2 is 1.94 bits per heavy atom. The van der Waals surface area contributed by atoms with Gasteiger partial charge in [0, 0.05) is 20.1 Å². The lowest BCUT2D eigenvalue weighted by molar-refractivity contribution is -0.143. The maximum Gasteiger partial charge on any atom is 0.410 e. The first-order chi connectivity index (χ1) is 16.3. The summed E-state index contributed by atoms with van der Waals surface area (Å²) in [6, 6.07) is 0.243. The van der Waals surface area contributed by atoms with Gasteiger partial charge in [0.05, 0.1) is 41.4 Å². The first-order valence-electron chi connectivity index (χ1n) is 12.0. The van der Waals surface area contributed by atoms with E-state index < -0.39 is 5.97 Å². The van der Waals surface area contributed by atoms with Gasteiger partial charge in [-0.15, -0.1) is 0 Å². The summed E-state index contributed by atoms with van der Waals surface area (Å²) in [5.41, 5.74) is 2.06. The zero-order chi connectivity index (χ0) is 24.2. The van der Waals surface area contributed by atoms with E-state index in [4.69, 9.17) is 9.47 Å². The molecule has 0 aromatic carbocycles. The molecule has 2 aliphatic carbocycles. The van der Waals surface area contributed by atoms with Crippen LogP contribution in [-0.2, 0) is 23.2 Å². The third-order valence-electron chi connectivity index (χ3n) is 7.00. The number of ether oxygens (including phenoxy) is 2. The van der Waals surface area contributed by atoms with Gasteiger partial charge >= 0.3 is 12.1 Å². The Bertz CT molecular complexity index is 1030. The molecule has 1 amide bonds. The largest absolute Gasteiger partial charge is 0.487 e. The fraction of sp³-hybridized carbons (Fsp3) is 0.625. The lowest BCUT2D eigenvalue weighted by Gasteiger charge is -2.27. The van der Waals surface area contributed by atoms with Crippen molar-refractivity contribution < 1.29 is 24.2 Å². The molecule has 0 spiro atoms. The summed E-state index contributed by atoms with van der Waals surface area (Å²) in [6.07, 6.45) is 9.93. The average molecular weight is 472 g/mol. The minimum absolute atomic E-state index is 0.0705. The highest BCUT2D eigenvalue weighted by Gasteiger charge is 2.29. The quantitative estimate of drug-likeness (QED) is 0.649. The van der Waals surface area contributed by atoms with E-state index in [0.717, 1.165) is 38.5 Å². The fourth-order valence-electron chi connectivity index (χ4n) is 4.85. The average Bonchev–Trinajstić information content (AvgIpc) is 3.48. The van der Waals surface area contributed by atoms with Gasteiger partial charge in [0.15, 0.2) is 11.6 Å². The molecule has 2 atom stereocenters. The van der Waals surface area contributed by atoms with Crippen LogP contribution >= 0.6 is 0 Å². The van der Waals surface area contributed by atoms with Gasteiger partial charge in [-0.1, -0.05) is 12.8 Å². The van der Waals surface area contributed by atoms with Gasteiger partial charge in [-0.3, -0.25) is 9.48 Å². The molecule has 4 rings (SSSR count). The first kappa shape index (κ1) is 24.0. The Balaban J connectivity index is 1.43. The number of carbonyl (C=O) groups is 2. The van der Waals surface area contributed by atoms with Gasteiger partial charge in [-0.25, -0.2) is 14.8 Å². The van der Waals surface area contributed by atoms with Gasteiger partial charge in [-0.2, -0.15) is 5.10 Å². The second kappa shape index (κ2) is 10.4. The second-order valence-corrected chi connectivity index (χ2v) is 9.32. The van der Waals surface area contributed by atoms with Crippen molar-refractivity contribution in [2.45, 2.75) is 77.0 Å². The number of amides is 1. The summed E-state index contributed by atoms with van der Waals surface area (Å²) < 4.78 is 13.3. The van der Waals surface area contributed by atoms with Crippen LogP contribution in [0, 0.1) is 12.8 Å². The molecule has 1 N–H and O–H groups in total. The van der Waals surface area contributed by atoms with Crippen LogP contribution in [0.1, 0.15) is 62.8 Å². The summed E-state index contributed by atoms with van der Waals surface area (Å²) in [7, 11) is 3.58. The molecular weight excluding hydrogens is 438 g/mol.